The molecule has 72 valence electrons. The molecule has 0 aromatic carbocycles. The Morgan fingerprint density at radius 2 is 2.33 bits per heavy atom. The van der Waals surface area contributed by atoms with Gasteiger partial charge in [0.25, 0.3) is 0 Å². The molecule has 2 heteroatoms. The van der Waals surface area contributed by atoms with Crippen LogP contribution in [0.3, 0.4) is 0 Å². The van der Waals surface area contributed by atoms with E-state index in [0.29, 0.717) is 0 Å². The van der Waals surface area contributed by atoms with Gasteiger partial charge in [-0.05, 0) is 38.3 Å². The largest absolute Gasteiger partial charge is 0.303 e. The van der Waals surface area contributed by atoms with E-state index in [0.717, 1.165) is 18.2 Å². The molecule has 1 unspecified atom stereocenters. The number of piperidine rings is 1. The summed E-state index contributed by atoms with van der Waals surface area (Å²) in [6, 6.07) is 0. The van der Waals surface area contributed by atoms with E-state index in [4.69, 9.17) is 11.6 Å². The molecular formula is C10H20ClN. The standard InChI is InChI=1S/C10H20ClN/c1-2-10-5-3-7-12(9-10)8-4-6-11/h10H,2-9H2,1H3. The molecule has 0 N–H and O–H groups in total. The maximum Gasteiger partial charge on any atom is 0.0235 e. The summed E-state index contributed by atoms with van der Waals surface area (Å²) in [5.41, 5.74) is 0. The van der Waals surface area contributed by atoms with Crippen LogP contribution in [0.25, 0.3) is 0 Å². The van der Waals surface area contributed by atoms with Gasteiger partial charge in [0.15, 0.2) is 0 Å². The monoisotopic (exact) mass is 189 g/mol. The zero-order valence-corrected chi connectivity index (χ0v) is 8.82. The van der Waals surface area contributed by atoms with Gasteiger partial charge in [-0.2, -0.15) is 0 Å². The lowest BCUT2D eigenvalue weighted by atomic mass is 9.96. The van der Waals surface area contributed by atoms with Gasteiger partial charge < -0.3 is 4.90 Å². The maximum atomic E-state index is 5.66. The molecule has 0 bridgehead atoms. The van der Waals surface area contributed by atoms with Crippen LogP contribution in [0.4, 0.5) is 0 Å². The Hall–Kier alpha value is 0.250. The lowest BCUT2D eigenvalue weighted by Gasteiger charge is -2.31. The molecule has 1 heterocycles. The minimum Gasteiger partial charge on any atom is -0.303 e. The number of alkyl halides is 1. The fraction of sp³-hybridized carbons (Fsp3) is 1.00. The average molecular weight is 190 g/mol. The predicted octanol–water partition coefficient (Wildman–Crippen LogP) is 2.74. The molecule has 12 heavy (non-hydrogen) atoms. The van der Waals surface area contributed by atoms with E-state index in [9.17, 15) is 0 Å². The van der Waals surface area contributed by atoms with Gasteiger partial charge in [0.05, 0.1) is 0 Å². The van der Waals surface area contributed by atoms with Gasteiger partial charge in [0.2, 0.25) is 0 Å². The highest BCUT2D eigenvalue weighted by Gasteiger charge is 2.17. The molecule has 0 radical (unpaired) electrons. The molecule has 1 saturated heterocycles. The van der Waals surface area contributed by atoms with Crippen molar-refractivity contribution in [1.29, 1.82) is 0 Å². The molecule has 0 saturated carbocycles. The average Bonchev–Trinajstić information content (AvgIpc) is 2.15. The second-order valence-corrected chi connectivity index (χ2v) is 4.14. The van der Waals surface area contributed by atoms with E-state index in [1.165, 1.54) is 38.9 Å². The highest BCUT2D eigenvalue weighted by atomic mass is 35.5. The molecule has 1 fully saturated rings. The van der Waals surface area contributed by atoms with Crippen LogP contribution in [0.2, 0.25) is 0 Å². The SMILES string of the molecule is CCC1CCCN(CCCCl)C1. The van der Waals surface area contributed by atoms with E-state index in [2.05, 4.69) is 11.8 Å². The highest BCUT2D eigenvalue weighted by Crippen LogP contribution is 2.18. The Morgan fingerprint density at radius 1 is 1.50 bits per heavy atom. The van der Waals surface area contributed by atoms with Crippen LogP contribution in [-0.4, -0.2) is 30.4 Å². The van der Waals surface area contributed by atoms with Crippen molar-refractivity contribution >= 4 is 11.6 Å². The summed E-state index contributed by atoms with van der Waals surface area (Å²) < 4.78 is 0. The Bertz CT molecular complexity index is 116. The van der Waals surface area contributed by atoms with Gasteiger partial charge in [-0.25, -0.2) is 0 Å². The Kier molecular flexibility index (Phi) is 5.01. The van der Waals surface area contributed by atoms with Gasteiger partial charge in [0, 0.05) is 12.4 Å². The van der Waals surface area contributed by atoms with Gasteiger partial charge in [-0.15, -0.1) is 11.6 Å². The number of halogens is 1. The summed E-state index contributed by atoms with van der Waals surface area (Å²) in [4.78, 5) is 2.57. The molecule has 0 amide bonds. The summed E-state index contributed by atoms with van der Waals surface area (Å²) in [6.45, 7) is 6.12. The Labute approximate surface area is 81.1 Å². The topological polar surface area (TPSA) is 3.24 Å². The van der Waals surface area contributed by atoms with Gasteiger partial charge in [0.1, 0.15) is 0 Å². The van der Waals surface area contributed by atoms with Crippen LogP contribution >= 0.6 is 11.6 Å². The predicted molar refractivity (Wildman–Crippen MR) is 54.8 cm³/mol. The van der Waals surface area contributed by atoms with Gasteiger partial charge in [-0.1, -0.05) is 13.3 Å². The van der Waals surface area contributed by atoms with Crippen LogP contribution in [0.5, 0.6) is 0 Å². The molecule has 1 aliphatic rings. The van der Waals surface area contributed by atoms with Gasteiger partial charge >= 0.3 is 0 Å². The van der Waals surface area contributed by atoms with Crippen molar-refractivity contribution in [3.63, 3.8) is 0 Å². The molecule has 0 aliphatic carbocycles. The van der Waals surface area contributed by atoms with E-state index in [1.54, 1.807) is 0 Å². The quantitative estimate of drug-likeness (QED) is 0.615. The minimum absolute atomic E-state index is 0.813. The van der Waals surface area contributed by atoms with E-state index < -0.39 is 0 Å². The maximum absolute atomic E-state index is 5.66. The van der Waals surface area contributed by atoms with Gasteiger partial charge in [-0.3, -0.25) is 0 Å². The first-order valence-corrected chi connectivity index (χ1v) is 5.68. The Morgan fingerprint density at radius 3 is 3.00 bits per heavy atom. The third-order valence-electron chi connectivity index (χ3n) is 2.79. The molecule has 0 spiro atoms. The van der Waals surface area contributed by atoms with Crippen molar-refractivity contribution in [1.82, 2.24) is 4.90 Å². The number of nitrogens with zero attached hydrogens (tertiary/aromatic N) is 1. The smallest absolute Gasteiger partial charge is 0.0235 e. The molecule has 1 aliphatic heterocycles. The van der Waals surface area contributed by atoms with Crippen molar-refractivity contribution < 1.29 is 0 Å². The molecule has 0 aromatic rings. The molecule has 1 nitrogen and oxygen atoms in total. The number of hydrogen-bond donors (Lipinski definition) is 0. The van der Waals surface area contributed by atoms with Crippen LogP contribution in [0.1, 0.15) is 32.6 Å². The summed E-state index contributed by atoms with van der Waals surface area (Å²) >= 11 is 5.66. The van der Waals surface area contributed by atoms with Crippen molar-refractivity contribution in [3.05, 3.63) is 0 Å². The van der Waals surface area contributed by atoms with Crippen molar-refractivity contribution in [2.75, 3.05) is 25.5 Å². The Balaban J connectivity index is 2.16. The van der Waals surface area contributed by atoms with E-state index >= 15 is 0 Å². The number of hydrogen-bond acceptors (Lipinski definition) is 1. The summed E-state index contributed by atoms with van der Waals surface area (Å²) in [5, 5.41) is 0. The summed E-state index contributed by atoms with van der Waals surface area (Å²) in [7, 11) is 0. The van der Waals surface area contributed by atoms with Crippen molar-refractivity contribution in [2.24, 2.45) is 5.92 Å². The molecular weight excluding hydrogens is 170 g/mol. The van der Waals surface area contributed by atoms with Crippen LogP contribution in [-0.2, 0) is 0 Å². The zero-order valence-electron chi connectivity index (χ0n) is 8.06. The van der Waals surface area contributed by atoms with E-state index in [1.807, 2.05) is 0 Å². The van der Waals surface area contributed by atoms with Crippen LogP contribution < -0.4 is 0 Å². The second-order valence-electron chi connectivity index (χ2n) is 3.76. The highest BCUT2D eigenvalue weighted by molar-refractivity contribution is 6.17. The van der Waals surface area contributed by atoms with Crippen LogP contribution in [0, 0.1) is 5.92 Å². The van der Waals surface area contributed by atoms with Crippen molar-refractivity contribution in [3.8, 4) is 0 Å². The summed E-state index contributed by atoms with van der Waals surface area (Å²) in [6.07, 6.45) is 5.32. The third kappa shape index (κ3) is 3.32. The lowest BCUT2D eigenvalue weighted by Crippen LogP contribution is -2.35. The fourth-order valence-electron chi connectivity index (χ4n) is 1.97. The number of rotatable bonds is 4. The molecule has 1 atom stereocenters. The third-order valence-corrected chi connectivity index (χ3v) is 3.06. The number of likely N-dealkylation sites (tertiary alicyclic amines) is 1. The lowest BCUT2D eigenvalue weighted by molar-refractivity contribution is 0.172. The zero-order chi connectivity index (χ0) is 8.81. The normalized spacial score (nSPS) is 26.0. The van der Waals surface area contributed by atoms with Crippen LogP contribution in [0.15, 0.2) is 0 Å². The van der Waals surface area contributed by atoms with Crippen molar-refractivity contribution in [2.45, 2.75) is 32.6 Å². The first kappa shape index (κ1) is 10.3. The summed E-state index contributed by atoms with van der Waals surface area (Å²) in [5.74, 6) is 1.77. The minimum atomic E-state index is 0.813. The fourth-order valence-corrected chi connectivity index (χ4v) is 2.09. The molecule has 0 aromatic heterocycles. The van der Waals surface area contributed by atoms with E-state index in [-0.39, 0.29) is 0 Å². The molecule has 1 rings (SSSR count). The second kappa shape index (κ2) is 5.82. The first-order chi connectivity index (χ1) is 5.86. The first-order valence-electron chi connectivity index (χ1n) is 5.15.